The second kappa shape index (κ2) is 10.5. The van der Waals surface area contributed by atoms with Crippen molar-refractivity contribution in [3.8, 4) is 5.75 Å². The minimum absolute atomic E-state index is 0.184. The summed E-state index contributed by atoms with van der Waals surface area (Å²) in [5, 5.41) is 18.8. The SMILES string of the molecule is O=C(O)CCC(=O)N(CCN1C2CCC1CC(c1cccc(O)c1)C2)Cc1c(F)cccc1F. The van der Waals surface area contributed by atoms with Crippen molar-refractivity contribution in [3.63, 3.8) is 0 Å². The summed E-state index contributed by atoms with van der Waals surface area (Å²) in [5.74, 6) is -2.32. The van der Waals surface area contributed by atoms with Gasteiger partial charge in [-0.15, -0.1) is 0 Å². The molecule has 1 amide bonds. The molecule has 2 heterocycles. The lowest BCUT2D eigenvalue weighted by molar-refractivity contribution is -0.141. The van der Waals surface area contributed by atoms with Gasteiger partial charge in [0, 0.05) is 37.2 Å². The number of carbonyl (C=O) groups is 2. The van der Waals surface area contributed by atoms with Crippen LogP contribution >= 0.6 is 0 Å². The van der Waals surface area contributed by atoms with E-state index in [9.17, 15) is 23.5 Å². The summed E-state index contributed by atoms with van der Waals surface area (Å²) in [5.41, 5.74) is 0.953. The molecule has 0 saturated carbocycles. The monoisotopic (exact) mass is 472 g/mol. The molecule has 2 fully saturated rings. The van der Waals surface area contributed by atoms with Gasteiger partial charge in [0.25, 0.3) is 0 Å². The molecule has 8 heteroatoms. The summed E-state index contributed by atoms with van der Waals surface area (Å²) in [7, 11) is 0. The van der Waals surface area contributed by atoms with Crippen LogP contribution in [-0.4, -0.2) is 57.1 Å². The van der Waals surface area contributed by atoms with E-state index in [-0.39, 0.29) is 37.2 Å². The van der Waals surface area contributed by atoms with E-state index in [1.54, 1.807) is 6.07 Å². The van der Waals surface area contributed by atoms with Gasteiger partial charge in [-0.05, 0) is 61.4 Å². The average Bonchev–Trinajstić information content (AvgIpc) is 3.03. The van der Waals surface area contributed by atoms with E-state index in [0.717, 1.165) is 43.4 Å². The third-order valence-electron chi connectivity index (χ3n) is 7.17. The van der Waals surface area contributed by atoms with Crippen LogP contribution < -0.4 is 0 Å². The topological polar surface area (TPSA) is 81.1 Å². The van der Waals surface area contributed by atoms with Crippen LogP contribution in [0.4, 0.5) is 8.78 Å². The lowest BCUT2D eigenvalue weighted by Gasteiger charge is -2.40. The summed E-state index contributed by atoms with van der Waals surface area (Å²) < 4.78 is 28.5. The number of fused-ring (bicyclic) bond motifs is 2. The van der Waals surface area contributed by atoms with Gasteiger partial charge in [0.2, 0.25) is 5.91 Å². The van der Waals surface area contributed by atoms with Crippen molar-refractivity contribution < 1.29 is 28.6 Å². The summed E-state index contributed by atoms with van der Waals surface area (Å²) in [6.45, 7) is 0.610. The van der Waals surface area contributed by atoms with Crippen LogP contribution in [0.2, 0.25) is 0 Å². The van der Waals surface area contributed by atoms with Gasteiger partial charge in [-0.1, -0.05) is 18.2 Å². The third kappa shape index (κ3) is 5.55. The van der Waals surface area contributed by atoms with Crippen molar-refractivity contribution in [1.82, 2.24) is 9.80 Å². The van der Waals surface area contributed by atoms with E-state index >= 15 is 0 Å². The number of halogens is 2. The molecule has 2 atom stereocenters. The van der Waals surface area contributed by atoms with Gasteiger partial charge in [-0.25, -0.2) is 8.78 Å². The second-order valence-electron chi connectivity index (χ2n) is 9.30. The third-order valence-corrected chi connectivity index (χ3v) is 7.17. The Morgan fingerprint density at radius 1 is 1.00 bits per heavy atom. The Balaban J connectivity index is 1.43. The molecule has 0 radical (unpaired) electrons. The van der Waals surface area contributed by atoms with Gasteiger partial charge < -0.3 is 15.1 Å². The molecule has 34 heavy (non-hydrogen) atoms. The van der Waals surface area contributed by atoms with Crippen LogP contribution in [0.25, 0.3) is 0 Å². The van der Waals surface area contributed by atoms with Crippen molar-refractivity contribution in [2.75, 3.05) is 13.1 Å². The first kappa shape index (κ1) is 24.1. The second-order valence-corrected chi connectivity index (χ2v) is 9.30. The van der Waals surface area contributed by atoms with Crippen molar-refractivity contribution in [2.24, 2.45) is 0 Å². The summed E-state index contributed by atoms with van der Waals surface area (Å²) in [6, 6.07) is 11.7. The summed E-state index contributed by atoms with van der Waals surface area (Å²) >= 11 is 0. The minimum Gasteiger partial charge on any atom is -0.508 e. The van der Waals surface area contributed by atoms with Crippen LogP contribution in [0.3, 0.4) is 0 Å². The van der Waals surface area contributed by atoms with E-state index in [1.165, 1.54) is 11.0 Å². The highest BCUT2D eigenvalue weighted by Gasteiger charge is 2.41. The lowest BCUT2D eigenvalue weighted by atomic mass is 9.85. The Hall–Kier alpha value is -3.00. The fourth-order valence-electron chi connectivity index (χ4n) is 5.46. The Morgan fingerprint density at radius 3 is 2.26 bits per heavy atom. The van der Waals surface area contributed by atoms with Gasteiger partial charge >= 0.3 is 5.97 Å². The Morgan fingerprint density at radius 2 is 1.65 bits per heavy atom. The molecule has 2 unspecified atom stereocenters. The number of nitrogens with zero attached hydrogens (tertiary/aromatic N) is 2. The van der Waals surface area contributed by atoms with E-state index in [4.69, 9.17) is 5.11 Å². The van der Waals surface area contributed by atoms with Crippen LogP contribution in [0.5, 0.6) is 5.75 Å². The van der Waals surface area contributed by atoms with Crippen LogP contribution in [0.15, 0.2) is 42.5 Å². The molecule has 2 bridgehead atoms. The normalized spacial score (nSPS) is 22.0. The van der Waals surface area contributed by atoms with Gasteiger partial charge in [0.05, 0.1) is 13.0 Å². The van der Waals surface area contributed by atoms with Gasteiger partial charge in [0.1, 0.15) is 17.4 Å². The van der Waals surface area contributed by atoms with E-state index < -0.39 is 23.5 Å². The van der Waals surface area contributed by atoms with Crippen molar-refractivity contribution in [1.29, 1.82) is 0 Å². The number of piperidine rings is 1. The number of carboxylic acid groups (broad SMARTS) is 1. The number of aromatic hydroxyl groups is 1. The minimum atomic E-state index is -1.09. The standard InChI is InChI=1S/C26H30F2N2O4/c27-23-5-2-6-24(28)22(23)16-29(25(32)9-10-26(33)34)11-12-30-19-7-8-20(30)14-18(13-19)17-3-1-4-21(31)15-17/h1-6,15,18-20,31H,7-14,16H2,(H,33,34). The Kier molecular flexibility index (Phi) is 7.46. The van der Waals surface area contributed by atoms with E-state index in [1.807, 2.05) is 18.2 Å². The number of carboxylic acids is 1. The first-order valence-electron chi connectivity index (χ1n) is 11.8. The number of aliphatic carboxylic acids is 1. The molecule has 4 rings (SSSR count). The molecular weight excluding hydrogens is 442 g/mol. The highest BCUT2D eigenvalue weighted by molar-refractivity contribution is 5.80. The Bertz CT molecular complexity index is 1010. The molecule has 2 aromatic carbocycles. The van der Waals surface area contributed by atoms with Gasteiger partial charge in [0.15, 0.2) is 0 Å². The maximum Gasteiger partial charge on any atom is 0.303 e. The van der Waals surface area contributed by atoms with Gasteiger partial charge in [-0.2, -0.15) is 0 Å². The highest BCUT2D eigenvalue weighted by atomic mass is 19.1. The molecule has 182 valence electrons. The fraction of sp³-hybridized carbons (Fsp3) is 0.462. The largest absolute Gasteiger partial charge is 0.508 e. The molecule has 0 aliphatic carbocycles. The molecule has 0 aromatic heterocycles. The fourth-order valence-corrected chi connectivity index (χ4v) is 5.46. The number of amides is 1. The van der Waals surface area contributed by atoms with Crippen molar-refractivity contribution >= 4 is 11.9 Å². The molecule has 2 aliphatic rings. The number of benzene rings is 2. The first-order chi connectivity index (χ1) is 16.3. The maximum absolute atomic E-state index is 14.2. The van der Waals surface area contributed by atoms with E-state index in [2.05, 4.69) is 4.90 Å². The Labute approximate surface area is 197 Å². The summed E-state index contributed by atoms with van der Waals surface area (Å²) in [4.78, 5) is 27.5. The predicted molar refractivity (Wildman–Crippen MR) is 122 cm³/mol. The molecule has 2 N–H and O–H groups in total. The number of phenolic OH excluding ortho intramolecular Hbond substituents is 1. The molecular formula is C26H30F2N2O4. The molecule has 2 aromatic rings. The number of phenols is 1. The van der Waals surface area contributed by atoms with Crippen LogP contribution in [-0.2, 0) is 16.1 Å². The van der Waals surface area contributed by atoms with Crippen molar-refractivity contribution in [2.45, 2.75) is 63.1 Å². The first-order valence-corrected chi connectivity index (χ1v) is 11.8. The molecule has 2 saturated heterocycles. The van der Waals surface area contributed by atoms with Gasteiger partial charge in [-0.3, -0.25) is 14.5 Å². The highest BCUT2D eigenvalue weighted by Crippen LogP contribution is 2.43. The molecule has 6 nitrogen and oxygen atoms in total. The van der Waals surface area contributed by atoms with E-state index in [0.29, 0.717) is 24.5 Å². The summed E-state index contributed by atoms with van der Waals surface area (Å²) in [6.07, 6.45) is 3.47. The molecule has 0 spiro atoms. The molecule has 2 aliphatic heterocycles. The number of rotatable bonds is 9. The smallest absolute Gasteiger partial charge is 0.303 e. The zero-order chi connectivity index (χ0) is 24.2. The zero-order valence-corrected chi connectivity index (χ0v) is 19.0. The van der Waals surface area contributed by atoms with Crippen LogP contribution in [0, 0.1) is 11.6 Å². The quantitative estimate of drug-likeness (QED) is 0.570. The van der Waals surface area contributed by atoms with Crippen LogP contribution in [0.1, 0.15) is 55.6 Å². The average molecular weight is 473 g/mol. The number of hydrogen-bond donors (Lipinski definition) is 2. The predicted octanol–water partition coefficient (Wildman–Crippen LogP) is 4.27. The lowest BCUT2D eigenvalue weighted by Crippen LogP contribution is -2.46. The number of hydrogen-bond acceptors (Lipinski definition) is 4. The maximum atomic E-state index is 14.2. The number of carbonyl (C=O) groups excluding carboxylic acids is 1. The van der Waals surface area contributed by atoms with Crippen molar-refractivity contribution in [3.05, 3.63) is 65.2 Å². The zero-order valence-electron chi connectivity index (χ0n) is 19.0.